The second-order valence-electron chi connectivity index (χ2n) is 3.96. The van der Waals surface area contributed by atoms with E-state index in [2.05, 4.69) is 19.2 Å². The van der Waals surface area contributed by atoms with E-state index in [1.807, 2.05) is 0 Å². The summed E-state index contributed by atoms with van der Waals surface area (Å²) in [6.07, 6.45) is 7.12. The number of unbranched alkanes of at least 4 members (excludes halogenated alkanes) is 3. The van der Waals surface area contributed by atoms with Gasteiger partial charge in [0, 0.05) is 18.3 Å². The summed E-state index contributed by atoms with van der Waals surface area (Å²) in [5, 5.41) is 3.02. The average Bonchev–Trinajstić information content (AvgIpc) is 2.24. The Morgan fingerprint density at radius 2 is 2.00 bits per heavy atom. The Labute approximate surface area is 98.8 Å². The smallest absolute Gasteiger partial charge is 0.220 e. The lowest BCUT2D eigenvalue weighted by Crippen LogP contribution is -2.34. The molecule has 15 heavy (non-hydrogen) atoms. The van der Waals surface area contributed by atoms with Crippen molar-refractivity contribution in [3.05, 3.63) is 0 Å². The Morgan fingerprint density at radius 3 is 2.53 bits per heavy atom. The van der Waals surface area contributed by atoms with E-state index in [1.54, 1.807) is 0 Å². The maximum Gasteiger partial charge on any atom is 0.220 e. The highest BCUT2D eigenvalue weighted by atomic mass is 35.5. The molecule has 0 fully saturated rings. The minimum Gasteiger partial charge on any atom is -0.353 e. The van der Waals surface area contributed by atoms with Crippen molar-refractivity contribution in [2.24, 2.45) is 0 Å². The number of halogens is 1. The summed E-state index contributed by atoms with van der Waals surface area (Å²) < 4.78 is 0. The van der Waals surface area contributed by atoms with Crippen LogP contribution in [0.5, 0.6) is 0 Å². The van der Waals surface area contributed by atoms with Gasteiger partial charge in [0.2, 0.25) is 5.91 Å². The molecule has 0 heterocycles. The van der Waals surface area contributed by atoms with E-state index in [4.69, 9.17) is 11.6 Å². The largest absolute Gasteiger partial charge is 0.353 e. The van der Waals surface area contributed by atoms with Crippen LogP contribution < -0.4 is 5.32 Å². The van der Waals surface area contributed by atoms with Gasteiger partial charge in [-0.3, -0.25) is 4.79 Å². The SMILES string of the molecule is CCCCCCC(=O)NC(CC)CCCl. The molecule has 0 rings (SSSR count). The average molecular weight is 234 g/mol. The molecule has 1 amide bonds. The van der Waals surface area contributed by atoms with Gasteiger partial charge in [-0.05, 0) is 19.3 Å². The third kappa shape index (κ3) is 8.73. The molecule has 0 radical (unpaired) electrons. The van der Waals surface area contributed by atoms with Gasteiger partial charge in [-0.25, -0.2) is 0 Å². The van der Waals surface area contributed by atoms with Crippen molar-refractivity contribution >= 4 is 17.5 Å². The Hall–Kier alpha value is -0.240. The van der Waals surface area contributed by atoms with Gasteiger partial charge in [-0.15, -0.1) is 11.6 Å². The van der Waals surface area contributed by atoms with E-state index in [9.17, 15) is 4.79 Å². The van der Waals surface area contributed by atoms with Gasteiger partial charge < -0.3 is 5.32 Å². The fourth-order valence-electron chi connectivity index (χ4n) is 1.52. The molecule has 0 aromatic rings. The van der Waals surface area contributed by atoms with Crippen molar-refractivity contribution in [1.82, 2.24) is 5.32 Å². The summed E-state index contributed by atoms with van der Waals surface area (Å²) in [5.74, 6) is 0.803. The maximum absolute atomic E-state index is 11.5. The lowest BCUT2D eigenvalue weighted by Gasteiger charge is -2.15. The van der Waals surface area contributed by atoms with Crippen LogP contribution in [0.15, 0.2) is 0 Å². The molecule has 0 bridgehead atoms. The fraction of sp³-hybridized carbons (Fsp3) is 0.917. The molecule has 1 N–H and O–H groups in total. The Kier molecular flexibility index (Phi) is 10.1. The molecule has 0 saturated heterocycles. The quantitative estimate of drug-likeness (QED) is 0.480. The topological polar surface area (TPSA) is 29.1 Å². The van der Waals surface area contributed by atoms with Crippen molar-refractivity contribution in [2.45, 2.75) is 64.8 Å². The zero-order chi connectivity index (χ0) is 11.5. The summed E-state index contributed by atoms with van der Waals surface area (Å²) in [6, 6.07) is 0.265. The minimum absolute atomic E-state index is 0.183. The van der Waals surface area contributed by atoms with Crippen molar-refractivity contribution in [3.8, 4) is 0 Å². The number of carbonyl (C=O) groups excluding carboxylic acids is 1. The highest BCUT2D eigenvalue weighted by Gasteiger charge is 2.08. The first-order chi connectivity index (χ1) is 7.24. The number of hydrogen-bond acceptors (Lipinski definition) is 1. The van der Waals surface area contributed by atoms with Crippen LogP contribution in [-0.4, -0.2) is 17.8 Å². The Bertz CT molecular complexity index is 162. The van der Waals surface area contributed by atoms with Gasteiger partial charge in [0.15, 0.2) is 0 Å². The second-order valence-corrected chi connectivity index (χ2v) is 4.34. The van der Waals surface area contributed by atoms with E-state index in [1.165, 1.54) is 12.8 Å². The first-order valence-corrected chi connectivity index (χ1v) is 6.63. The van der Waals surface area contributed by atoms with Gasteiger partial charge in [0.05, 0.1) is 0 Å². The van der Waals surface area contributed by atoms with E-state index in [-0.39, 0.29) is 11.9 Å². The molecule has 0 saturated carbocycles. The number of hydrogen-bond donors (Lipinski definition) is 1. The van der Waals surface area contributed by atoms with E-state index in [0.29, 0.717) is 12.3 Å². The van der Waals surface area contributed by atoms with Gasteiger partial charge >= 0.3 is 0 Å². The lowest BCUT2D eigenvalue weighted by molar-refractivity contribution is -0.121. The number of rotatable bonds is 9. The molecule has 0 aliphatic heterocycles. The van der Waals surface area contributed by atoms with E-state index >= 15 is 0 Å². The zero-order valence-corrected chi connectivity index (χ0v) is 10.8. The summed E-state index contributed by atoms with van der Waals surface area (Å²) in [7, 11) is 0. The third-order valence-corrected chi connectivity index (χ3v) is 2.79. The molecule has 1 atom stereocenters. The molecule has 0 spiro atoms. The monoisotopic (exact) mass is 233 g/mol. The van der Waals surface area contributed by atoms with E-state index < -0.39 is 0 Å². The van der Waals surface area contributed by atoms with Crippen LogP contribution in [0.1, 0.15) is 58.8 Å². The van der Waals surface area contributed by atoms with Crippen molar-refractivity contribution in [3.63, 3.8) is 0 Å². The van der Waals surface area contributed by atoms with E-state index in [0.717, 1.165) is 25.7 Å². The van der Waals surface area contributed by atoms with Crippen LogP contribution in [0.4, 0.5) is 0 Å². The lowest BCUT2D eigenvalue weighted by atomic mass is 10.1. The minimum atomic E-state index is 0.183. The third-order valence-electron chi connectivity index (χ3n) is 2.57. The first-order valence-electron chi connectivity index (χ1n) is 6.09. The summed E-state index contributed by atoms with van der Waals surface area (Å²) in [4.78, 5) is 11.5. The molecule has 3 heteroatoms. The van der Waals surface area contributed by atoms with Crippen molar-refractivity contribution < 1.29 is 4.79 Å². The van der Waals surface area contributed by atoms with Crippen molar-refractivity contribution in [2.75, 3.05) is 5.88 Å². The second kappa shape index (κ2) is 10.3. The Morgan fingerprint density at radius 1 is 1.27 bits per heavy atom. The van der Waals surface area contributed by atoms with Crippen LogP contribution >= 0.6 is 11.6 Å². The van der Waals surface area contributed by atoms with Crippen LogP contribution in [0, 0.1) is 0 Å². The normalized spacial score (nSPS) is 12.5. The predicted octanol–water partition coefficient (Wildman–Crippen LogP) is 3.48. The number of amides is 1. The standard InChI is InChI=1S/C12H24ClNO/c1-3-5-6-7-8-12(15)14-11(4-2)9-10-13/h11H,3-10H2,1-2H3,(H,14,15). The van der Waals surface area contributed by atoms with Crippen LogP contribution in [-0.2, 0) is 4.79 Å². The fourth-order valence-corrected chi connectivity index (χ4v) is 1.79. The number of alkyl halides is 1. The van der Waals surface area contributed by atoms with Gasteiger partial charge in [0.1, 0.15) is 0 Å². The molecule has 1 unspecified atom stereocenters. The predicted molar refractivity (Wildman–Crippen MR) is 66.3 cm³/mol. The highest BCUT2D eigenvalue weighted by Crippen LogP contribution is 2.04. The van der Waals surface area contributed by atoms with Gasteiger partial charge in [-0.1, -0.05) is 33.1 Å². The molecule has 90 valence electrons. The first kappa shape index (κ1) is 14.8. The van der Waals surface area contributed by atoms with Crippen LogP contribution in [0.3, 0.4) is 0 Å². The summed E-state index contributed by atoms with van der Waals surface area (Å²) in [6.45, 7) is 4.25. The zero-order valence-electron chi connectivity index (χ0n) is 10.0. The number of carbonyl (C=O) groups is 1. The molecule has 0 aromatic heterocycles. The highest BCUT2D eigenvalue weighted by molar-refractivity contribution is 6.17. The van der Waals surface area contributed by atoms with Crippen molar-refractivity contribution in [1.29, 1.82) is 0 Å². The molecular weight excluding hydrogens is 210 g/mol. The molecule has 2 nitrogen and oxygen atoms in total. The Balaban J connectivity index is 3.52. The van der Waals surface area contributed by atoms with Gasteiger partial charge in [-0.2, -0.15) is 0 Å². The number of nitrogens with one attached hydrogen (secondary N) is 1. The summed E-state index contributed by atoms with van der Waals surface area (Å²) >= 11 is 5.65. The molecule has 0 aromatic carbocycles. The van der Waals surface area contributed by atoms with Crippen LogP contribution in [0.2, 0.25) is 0 Å². The van der Waals surface area contributed by atoms with Gasteiger partial charge in [0.25, 0.3) is 0 Å². The molecule has 0 aliphatic rings. The molecule has 0 aliphatic carbocycles. The van der Waals surface area contributed by atoms with Crippen LogP contribution in [0.25, 0.3) is 0 Å². The molecular formula is C12H24ClNO. The summed E-state index contributed by atoms with van der Waals surface area (Å²) in [5.41, 5.74) is 0. The maximum atomic E-state index is 11.5.